The van der Waals surface area contributed by atoms with Gasteiger partial charge >= 0.3 is 0 Å². The van der Waals surface area contributed by atoms with Crippen LogP contribution in [0.5, 0.6) is 0 Å². The number of para-hydroxylation sites is 1. The molecule has 4 rings (SSSR count). The van der Waals surface area contributed by atoms with Crippen LogP contribution in [0.2, 0.25) is 0 Å². The van der Waals surface area contributed by atoms with Crippen molar-refractivity contribution < 1.29 is 4.79 Å². The van der Waals surface area contributed by atoms with Crippen LogP contribution in [0.3, 0.4) is 0 Å². The summed E-state index contributed by atoms with van der Waals surface area (Å²) in [6.07, 6.45) is 6.19. The third-order valence-electron chi connectivity index (χ3n) is 5.57. The zero-order valence-electron chi connectivity index (χ0n) is 16.9. The molecule has 5 heteroatoms. The fraction of sp³-hybridized carbons (Fsp3) is 0.417. The number of hydrogen-bond donors (Lipinski definition) is 1. The summed E-state index contributed by atoms with van der Waals surface area (Å²) < 4.78 is 1.22. The average Bonchev–Trinajstić information content (AvgIpc) is 3.17. The van der Waals surface area contributed by atoms with Crippen molar-refractivity contribution in [3.8, 4) is 0 Å². The Morgan fingerprint density at radius 2 is 1.76 bits per heavy atom. The molecule has 1 fully saturated rings. The molecule has 1 aliphatic heterocycles. The van der Waals surface area contributed by atoms with Crippen molar-refractivity contribution >= 4 is 27.5 Å². The first-order valence-electron chi connectivity index (χ1n) is 10.7. The zero-order valence-corrected chi connectivity index (χ0v) is 17.7. The topological polar surface area (TPSA) is 45.2 Å². The Bertz CT molecular complexity index is 913. The van der Waals surface area contributed by atoms with Crippen LogP contribution in [0.4, 0.5) is 0 Å². The fourth-order valence-electron chi connectivity index (χ4n) is 3.95. The van der Waals surface area contributed by atoms with Crippen molar-refractivity contribution in [2.45, 2.75) is 51.6 Å². The van der Waals surface area contributed by atoms with Gasteiger partial charge in [0.05, 0.1) is 15.2 Å². The van der Waals surface area contributed by atoms with Crippen molar-refractivity contribution in [2.24, 2.45) is 0 Å². The minimum atomic E-state index is 0.124. The average molecular weight is 408 g/mol. The maximum absolute atomic E-state index is 12.3. The third kappa shape index (κ3) is 5.64. The van der Waals surface area contributed by atoms with Gasteiger partial charge in [0.1, 0.15) is 0 Å². The van der Waals surface area contributed by atoms with E-state index < -0.39 is 0 Å². The number of carbonyl (C=O) groups excluding carboxylic acids is 1. The molecule has 0 spiro atoms. The molecule has 1 aromatic heterocycles. The van der Waals surface area contributed by atoms with E-state index in [1.807, 2.05) is 18.2 Å². The number of aryl methyl sites for hydroxylation is 1. The van der Waals surface area contributed by atoms with Crippen molar-refractivity contribution in [1.29, 1.82) is 0 Å². The van der Waals surface area contributed by atoms with Gasteiger partial charge in [-0.2, -0.15) is 0 Å². The quantitative estimate of drug-likeness (QED) is 0.576. The van der Waals surface area contributed by atoms with E-state index in [0.29, 0.717) is 13.0 Å². The highest BCUT2D eigenvalue weighted by atomic mass is 32.1. The monoisotopic (exact) mass is 407 g/mol. The van der Waals surface area contributed by atoms with Gasteiger partial charge in [0.2, 0.25) is 5.91 Å². The van der Waals surface area contributed by atoms with E-state index >= 15 is 0 Å². The molecule has 0 bridgehead atoms. The minimum absolute atomic E-state index is 0.124. The van der Waals surface area contributed by atoms with Crippen LogP contribution < -0.4 is 5.32 Å². The number of thiazole rings is 1. The number of hydrogen-bond acceptors (Lipinski definition) is 4. The van der Waals surface area contributed by atoms with Crippen LogP contribution in [0.15, 0.2) is 48.5 Å². The summed E-state index contributed by atoms with van der Waals surface area (Å²) in [5.41, 5.74) is 3.63. The lowest BCUT2D eigenvalue weighted by molar-refractivity contribution is -0.121. The van der Waals surface area contributed by atoms with Gasteiger partial charge in [-0.05, 0) is 62.0 Å². The number of likely N-dealkylation sites (tertiary alicyclic amines) is 1. The molecule has 1 amide bonds. The van der Waals surface area contributed by atoms with Crippen molar-refractivity contribution in [2.75, 3.05) is 13.1 Å². The largest absolute Gasteiger partial charge is 0.352 e. The lowest BCUT2D eigenvalue weighted by Crippen LogP contribution is -2.30. The predicted molar refractivity (Wildman–Crippen MR) is 120 cm³/mol. The van der Waals surface area contributed by atoms with Crippen molar-refractivity contribution in [1.82, 2.24) is 15.2 Å². The summed E-state index contributed by atoms with van der Waals surface area (Å²) in [6.45, 7) is 3.98. The van der Waals surface area contributed by atoms with Crippen molar-refractivity contribution in [3.05, 3.63) is 64.7 Å². The highest BCUT2D eigenvalue weighted by Gasteiger charge is 2.13. The smallest absolute Gasteiger partial charge is 0.220 e. The molecule has 0 aliphatic carbocycles. The maximum Gasteiger partial charge on any atom is 0.220 e. The molecular weight excluding hydrogens is 378 g/mol. The van der Waals surface area contributed by atoms with Gasteiger partial charge in [-0.1, -0.05) is 42.8 Å². The second kappa shape index (κ2) is 9.99. The molecule has 0 radical (unpaired) electrons. The van der Waals surface area contributed by atoms with Gasteiger partial charge in [0.25, 0.3) is 0 Å². The first-order valence-corrected chi connectivity index (χ1v) is 11.5. The van der Waals surface area contributed by atoms with E-state index in [4.69, 9.17) is 0 Å². The molecule has 4 nitrogen and oxygen atoms in total. The van der Waals surface area contributed by atoms with E-state index in [9.17, 15) is 4.79 Å². The lowest BCUT2D eigenvalue weighted by atomic mass is 10.0. The second-order valence-corrected chi connectivity index (χ2v) is 8.93. The number of rotatable bonds is 8. The summed E-state index contributed by atoms with van der Waals surface area (Å²) in [6, 6.07) is 16.7. The van der Waals surface area contributed by atoms with Crippen LogP contribution in [-0.4, -0.2) is 28.9 Å². The Kier molecular flexibility index (Phi) is 6.91. The van der Waals surface area contributed by atoms with Crippen LogP contribution in [-0.2, 0) is 24.3 Å². The number of aromatic nitrogens is 1. The van der Waals surface area contributed by atoms with Gasteiger partial charge in [0, 0.05) is 19.5 Å². The van der Waals surface area contributed by atoms with Gasteiger partial charge < -0.3 is 5.32 Å². The molecule has 0 atom stereocenters. The van der Waals surface area contributed by atoms with E-state index in [0.717, 1.165) is 29.9 Å². The summed E-state index contributed by atoms with van der Waals surface area (Å²) in [7, 11) is 0. The molecule has 2 aromatic carbocycles. The fourth-order valence-corrected chi connectivity index (χ4v) is 4.96. The van der Waals surface area contributed by atoms with Gasteiger partial charge in [-0.25, -0.2) is 4.98 Å². The van der Waals surface area contributed by atoms with E-state index in [2.05, 4.69) is 45.5 Å². The number of carbonyl (C=O) groups is 1. The summed E-state index contributed by atoms with van der Waals surface area (Å²) in [5.74, 6) is 0.124. The summed E-state index contributed by atoms with van der Waals surface area (Å²) in [5, 5.41) is 4.23. The second-order valence-electron chi connectivity index (χ2n) is 7.81. The lowest BCUT2D eigenvalue weighted by Gasteiger charge is -2.27. The molecule has 2 heterocycles. The molecule has 29 heavy (non-hydrogen) atoms. The zero-order chi connectivity index (χ0) is 19.9. The van der Waals surface area contributed by atoms with E-state index in [1.54, 1.807) is 11.3 Å². The normalized spacial score (nSPS) is 14.9. The highest BCUT2D eigenvalue weighted by Crippen LogP contribution is 2.22. The molecule has 152 valence electrons. The Morgan fingerprint density at radius 1 is 1.00 bits per heavy atom. The number of piperidine rings is 1. The van der Waals surface area contributed by atoms with Crippen LogP contribution >= 0.6 is 11.3 Å². The van der Waals surface area contributed by atoms with Crippen LogP contribution in [0.1, 0.15) is 48.2 Å². The Hall–Kier alpha value is -2.24. The van der Waals surface area contributed by atoms with Gasteiger partial charge in [-0.15, -0.1) is 11.3 Å². The molecular formula is C24H29N3OS. The summed E-state index contributed by atoms with van der Waals surface area (Å²) >= 11 is 1.73. The summed E-state index contributed by atoms with van der Waals surface area (Å²) in [4.78, 5) is 19.5. The van der Waals surface area contributed by atoms with Crippen LogP contribution in [0.25, 0.3) is 10.2 Å². The Balaban J connectivity index is 1.24. The molecule has 1 saturated heterocycles. The standard InChI is InChI=1S/C24H29N3OS/c28-23(13-8-14-24-26-21-11-4-5-12-22(21)29-24)25-17-19-9-2-3-10-20(19)18-27-15-6-1-7-16-27/h2-5,9-12H,1,6-8,13-18H2,(H,25,28). The third-order valence-corrected chi connectivity index (χ3v) is 6.67. The number of benzene rings is 2. The predicted octanol–water partition coefficient (Wildman–Crippen LogP) is 4.92. The van der Waals surface area contributed by atoms with Crippen molar-refractivity contribution in [3.63, 3.8) is 0 Å². The number of amides is 1. The molecule has 0 unspecified atom stereocenters. The molecule has 1 N–H and O–H groups in total. The number of nitrogens with one attached hydrogen (secondary N) is 1. The van der Waals surface area contributed by atoms with E-state index in [-0.39, 0.29) is 5.91 Å². The first-order chi connectivity index (χ1) is 14.3. The van der Waals surface area contributed by atoms with Crippen LogP contribution in [0, 0.1) is 0 Å². The molecule has 0 saturated carbocycles. The van der Waals surface area contributed by atoms with E-state index in [1.165, 1.54) is 48.2 Å². The minimum Gasteiger partial charge on any atom is -0.352 e. The highest BCUT2D eigenvalue weighted by molar-refractivity contribution is 7.18. The van der Waals surface area contributed by atoms with Gasteiger partial charge in [-0.3, -0.25) is 9.69 Å². The maximum atomic E-state index is 12.3. The SMILES string of the molecule is O=C(CCCc1nc2ccccc2s1)NCc1ccccc1CN1CCCCC1. The Labute approximate surface area is 177 Å². The molecule has 1 aliphatic rings. The first kappa shape index (κ1) is 20.0. The number of fused-ring (bicyclic) bond motifs is 1. The number of nitrogens with zero attached hydrogens (tertiary/aromatic N) is 2. The Morgan fingerprint density at radius 3 is 2.59 bits per heavy atom. The van der Waals surface area contributed by atoms with Gasteiger partial charge in [0.15, 0.2) is 0 Å². The molecule has 3 aromatic rings.